The minimum Gasteiger partial charge on any atom is -0.494 e. The van der Waals surface area contributed by atoms with E-state index in [1.165, 1.54) is 5.56 Å². The van der Waals surface area contributed by atoms with Crippen LogP contribution in [0.15, 0.2) is 47.4 Å². The summed E-state index contributed by atoms with van der Waals surface area (Å²) in [7, 11) is 0. The molecule has 0 unspecified atom stereocenters. The number of carbonyl (C=O) groups excluding carboxylic acids is 1. The van der Waals surface area contributed by atoms with Gasteiger partial charge in [-0.15, -0.1) is 0 Å². The van der Waals surface area contributed by atoms with E-state index in [4.69, 9.17) is 4.74 Å². The molecule has 0 bridgehead atoms. The Balaban J connectivity index is 1.62. The first kappa shape index (κ1) is 19.6. The number of alkyl halides is 2. The minimum absolute atomic E-state index is 0.207. The summed E-state index contributed by atoms with van der Waals surface area (Å²) >= 11 is 0.434. The number of nitrogens with zero attached hydrogens (tertiary/aromatic N) is 1. The number of thioether (sulfide) groups is 1. The second kappa shape index (κ2) is 9.19. The van der Waals surface area contributed by atoms with Crippen LogP contribution in [0.25, 0.3) is 0 Å². The molecule has 27 heavy (non-hydrogen) atoms. The third-order valence-corrected chi connectivity index (χ3v) is 5.11. The van der Waals surface area contributed by atoms with Gasteiger partial charge in [0.25, 0.3) is 5.76 Å². The van der Waals surface area contributed by atoms with Crippen molar-refractivity contribution in [3.8, 4) is 5.75 Å². The Labute approximate surface area is 161 Å². The van der Waals surface area contributed by atoms with Crippen LogP contribution in [0.2, 0.25) is 0 Å². The largest absolute Gasteiger partial charge is 0.494 e. The molecular weight excluding hydrogens is 370 g/mol. The van der Waals surface area contributed by atoms with Crippen molar-refractivity contribution in [2.75, 3.05) is 25.0 Å². The highest BCUT2D eigenvalue weighted by Gasteiger charge is 2.20. The van der Waals surface area contributed by atoms with Gasteiger partial charge in [-0.3, -0.25) is 9.69 Å². The average Bonchev–Trinajstić information content (AvgIpc) is 2.63. The van der Waals surface area contributed by atoms with Crippen molar-refractivity contribution in [3.05, 3.63) is 53.6 Å². The Morgan fingerprint density at radius 1 is 1.26 bits per heavy atom. The van der Waals surface area contributed by atoms with E-state index in [9.17, 15) is 13.6 Å². The number of halogens is 2. The molecule has 3 rings (SSSR count). The van der Waals surface area contributed by atoms with Gasteiger partial charge in [-0.1, -0.05) is 30.0 Å². The van der Waals surface area contributed by atoms with Crippen LogP contribution in [-0.2, 0) is 17.8 Å². The molecule has 7 heteroatoms. The van der Waals surface area contributed by atoms with Gasteiger partial charge >= 0.3 is 0 Å². The number of hydrogen-bond acceptors (Lipinski definition) is 4. The predicted octanol–water partition coefficient (Wildman–Crippen LogP) is 4.40. The van der Waals surface area contributed by atoms with E-state index < -0.39 is 5.76 Å². The van der Waals surface area contributed by atoms with Gasteiger partial charge in [0.1, 0.15) is 5.75 Å². The summed E-state index contributed by atoms with van der Waals surface area (Å²) in [5, 5.41) is 2.76. The zero-order valence-corrected chi connectivity index (χ0v) is 15.9. The third-order valence-electron chi connectivity index (χ3n) is 4.32. The normalized spacial score (nSPS) is 14.1. The maximum atomic E-state index is 12.7. The second-order valence-electron chi connectivity index (χ2n) is 6.25. The van der Waals surface area contributed by atoms with Crippen LogP contribution in [-0.4, -0.2) is 36.3 Å². The molecule has 0 aromatic heterocycles. The molecule has 2 aromatic rings. The van der Waals surface area contributed by atoms with Gasteiger partial charge in [-0.25, -0.2) is 0 Å². The number of fused-ring (bicyclic) bond motifs is 1. The van der Waals surface area contributed by atoms with Gasteiger partial charge in [0.05, 0.1) is 18.8 Å². The van der Waals surface area contributed by atoms with Crippen LogP contribution in [0.5, 0.6) is 5.75 Å². The van der Waals surface area contributed by atoms with Gasteiger partial charge in [-0.2, -0.15) is 8.78 Å². The molecule has 0 radical (unpaired) electrons. The molecule has 144 valence electrons. The van der Waals surface area contributed by atoms with Crippen molar-refractivity contribution in [2.24, 2.45) is 0 Å². The molecule has 0 aliphatic carbocycles. The SMILES string of the molecule is CCOc1ccc2c(c1)CN(CC(=O)Nc1ccccc1SC(F)F)CC2. The van der Waals surface area contributed by atoms with Gasteiger partial charge in [0.15, 0.2) is 0 Å². The maximum absolute atomic E-state index is 12.7. The van der Waals surface area contributed by atoms with Crippen LogP contribution in [0.4, 0.5) is 14.5 Å². The minimum atomic E-state index is -2.53. The van der Waals surface area contributed by atoms with Crippen LogP contribution < -0.4 is 10.1 Å². The molecule has 0 saturated carbocycles. The monoisotopic (exact) mass is 392 g/mol. The highest BCUT2D eigenvalue weighted by atomic mass is 32.2. The van der Waals surface area contributed by atoms with Crippen molar-refractivity contribution in [1.29, 1.82) is 0 Å². The van der Waals surface area contributed by atoms with Gasteiger partial charge in [0.2, 0.25) is 5.91 Å². The van der Waals surface area contributed by atoms with Crippen molar-refractivity contribution >= 4 is 23.4 Å². The fourth-order valence-electron chi connectivity index (χ4n) is 3.14. The number of anilines is 1. The number of carbonyl (C=O) groups is 1. The first-order chi connectivity index (χ1) is 13.0. The summed E-state index contributed by atoms with van der Waals surface area (Å²) < 4.78 is 30.9. The summed E-state index contributed by atoms with van der Waals surface area (Å²) in [5.41, 5.74) is 2.85. The molecule has 0 saturated heterocycles. The molecule has 1 amide bonds. The number of ether oxygens (including phenoxy) is 1. The van der Waals surface area contributed by atoms with E-state index in [-0.39, 0.29) is 12.5 Å². The van der Waals surface area contributed by atoms with E-state index in [0.717, 1.165) is 24.3 Å². The Hall–Kier alpha value is -2.12. The molecule has 2 aromatic carbocycles. The maximum Gasteiger partial charge on any atom is 0.288 e. The number of benzene rings is 2. The summed E-state index contributed by atoms with van der Waals surface area (Å²) in [5.74, 6) is -1.90. The molecular formula is C20H22F2N2O2S. The van der Waals surface area contributed by atoms with E-state index in [0.29, 0.717) is 35.5 Å². The molecule has 0 spiro atoms. The number of rotatable bonds is 7. The lowest BCUT2D eigenvalue weighted by molar-refractivity contribution is -0.117. The quantitative estimate of drug-likeness (QED) is 0.710. The fourth-order valence-corrected chi connectivity index (χ4v) is 3.74. The smallest absolute Gasteiger partial charge is 0.288 e. The summed E-state index contributed by atoms with van der Waals surface area (Å²) in [6.07, 6.45) is 0.868. The van der Waals surface area contributed by atoms with Gasteiger partial charge in [0, 0.05) is 18.0 Å². The molecule has 4 nitrogen and oxygen atoms in total. The number of nitrogens with one attached hydrogen (secondary N) is 1. The Bertz CT molecular complexity index is 801. The Kier molecular flexibility index (Phi) is 6.68. The zero-order valence-electron chi connectivity index (χ0n) is 15.1. The number of amides is 1. The third kappa shape index (κ3) is 5.43. The number of hydrogen-bond donors (Lipinski definition) is 1. The van der Waals surface area contributed by atoms with Crippen LogP contribution in [0, 0.1) is 0 Å². The topological polar surface area (TPSA) is 41.6 Å². The summed E-state index contributed by atoms with van der Waals surface area (Å²) in [4.78, 5) is 14.8. The first-order valence-corrected chi connectivity index (χ1v) is 9.73. The number of para-hydroxylation sites is 1. The molecule has 0 fully saturated rings. The summed E-state index contributed by atoms with van der Waals surface area (Å²) in [6, 6.07) is 12.7. The predicted molar refractivity (Wildman–Crippen MR) is 104 cm³/mol. The molecule has 1 aliphatic heterocycles. The lowest BCUT2D eigenvalue weighted by Gasteiger charge is -2.28. The second-order valence-corrected chi connectivity index (χ2v) is 7.28. The zero-order chi connectivity index (χ0) is 19.2. The van der Waals surface area contributed by atoms with E-state index in [1.807, 2.05) is 19.1 Å². The fraction of sp³-hybridized carbons (Fsp3) is 0.350. The molecule has 0 atom stereocenters. The van der Waals surface area contributed by atoms with Crippen LogP contribution >= 0.6 is 11.8 Å². The van der Waals surface area contributed by atoms with Gasteiger partial charge < -0.3 is 10.1 Å². The lowest BCUT2D eigenvalue weighted by Crippen LogP contribution is -2.37. The standard InChI is InChI=1S/C20H22F2N2O2S/c1-2-26-16-8-7-14-9-10-24(12-15(14)11-16)13-19(25)23-17-5-3-4-6-18(17)27-20(21)22/h3-8,11,20H,2,9-10,12-13H2,1H3,(H,23,25). The summed E-state index contributed by atoms with van der Waals surface area (Å²) in [6.45, 7) is 4.21. The Morgan fingerprint density at radius 3 is 2.85 bits per heavy atom. The van der Waals surface area contributed by atoms with Crippen molar-refractivity contribution in [3.63, 3.8) is 0 Å². The molecule has 1 aliphatic rings. The first-order valence-electron chi connectivity index (χ1n) is 8.86. The Morgan fingerprint density at radius 2 is 2.07 bits per heavy atom. The van der Waals surface area contributed by atoms with Crippen LogP contribution in [0.3, 0.4) is 0 Å². The van der Waals surface area contributed by atoms with Crippen LogP contribution in [0.1, 0.15) is 18.1 Å². The van der Waals surface area contributed by atoms with Crippen molar-refractivity contribution in [1.82, 2.24) is 4.90 Å². The van der Waals surface area contributed by atoms with E-state index in [2.05, 4.69) is 16.3 Å². The van der Waals surface area contributed by atoms with Crippen molar-refractivity contribution < 1.29 is 18.3 Å². The highest BCUT2D eigenvalue weighted by molar-refractivity contribution is 7.99. The van der Waals surface area contributed by atoms with Gasteiger partial charge in [-0.05, 0) is 48.7 Å². The highest BCUT2D eigenvalue weighted by Crippen LogP contribution is 2.31. The lowest BCUT2D eigenvalue weighted by atomic mass is 9.99. The van der Waals surface area contributed by atoms with E-state index in [1.54, 1.807) is 24.3 Å². The van der Waals surface area contributed by atoms with E-state index >= 15 is 0 Å². The average molecular weight is 392 g/mol. The molecule has 1 heterocycles. The van der Waals surface area contributed by atoms with Crippen molar-refractivity contribution in [2.45, 2.75) is 30.5 Å². The molecule has 1 N–H and O–H groups in total.